The predicted molar refractivity (Wildman–Crippen MR) is 286 cm³/mol. The summed E-state index contributed by atoms with van der Waals surface area (Å²) in [6, 6.07) is 9.22. The number of hydrogen-bond acceptors (Lipinski definition) is 21. The minimum Gasteiger partial charge on any atom is -0.458 e. The molecule has 0 bridgehead atoms. The maximum atomic E-state index is 13.9. The Morgan fingerprint density at radius 1 is 0.642 bits per heavy atom. The van der Waals surface area contributed by atoms with Crippen LogP contribution in [0.2, 0.25) is 0 Å². The molecule has 0 radical (unpaired) electrons. The molecule has 4 heterocycles. The molecule has 4 N–H and O–H groups in total. The van der Waals surface area contributed by atoms with E-state index in [1.165, 1.54) is 27.0 Å². The number of carbonyl (C=O) groups excluding carboxylic acids is 3. The van der Waals surface area contributed by atoms with Crippen molar-refractivity contribution in [2.75, 3.05) is 28.4 Å². The fraction of sp³-hybridized carbons (Fsp3) is 0.783. The van der Waals surface area contributed by atoms with Crippen LogP contribution < -0.4 is 0 Å². The third-order valence-electron chi connectivity index (χ3n) is 19.7. The second kappa shape index (κ2) is 24.9. The van der Waals surface area contributed by atoms with Gasteiger partial charge in [0, 0.05) is 78.0 Å². The zero-order valence-corrected chi connectivity index (χ0v) is 48.9. The number of esters is 2. The number of methoxy groups -OCH3 is 4. The lowest BCUT2D eigenvalue weighted by molar-refractivity contribution is -0.356. The fourth-order valence-electron chi connectivity index (χ4n) is 15.5. The van der Waals surface area contributed by atoms with E-state index in [0.29, 0.717) is 32.1 Å². The SMILES string of the molecule is CO[C@H]1[C@@H](O)[C@H](O[C@@H]2[C@@H](C)O[C@@H](O[C@H]3[C@@H](OC)C[C@H](O[C@H]4[C@@H](OC)C[C@H](O[C@H]5CC[C@@]6(C)C(=CC[C@]7(O)[C@@H]6[C@H](OC(C)=O)[C@@H](OC(=O)C=Cc6ccccc6)[C@]6(C)[C@H](C(C)=O)CC[C@@]67O)C5)O[C@@H]4C)O[C@@H]3C)C[C@H]2OC)O[C@H](C)[C@H]1O. The van der Waals surface area contributed by atoms with E-state index in [1.807, 2.05) is 64.1 Å². The number of benzene rings is 1. The van der Waals surface area contributed by atoms with Gasteiger partial charge in [-0.3, -0.25) is 9.59 Å². The molecule has 21 heteroatoms. The van der Waals surface area contributed by atoms with Crippen molar-refractivity contribution in [3.63, 3.8) is 0 Å². The summed E-state index contributed by atoms with van der Waals surface area (Å²) < 4.78 is 87.5. The first kappa shape index (κ1) is 62.2. The number of aliphatic hydroxyl groups excluding tert-OH is 2. The standard InChI is InChI=1S/C60H88O21/c1-30(61)39-22-25-60(67)58(39,8)55(78-43(63)19-18-36-16-14-13-15-17-36)53(76-35(6)62)54-57(7)23-21-38(26-37(57)20-24-59(54,60)66)77-44-27-40(68-9)49(32(3)72-44)79-45-28-41(69-10)50(33(4)73-45)80-46-29-42(70-11)51(34(5)74-46)81-56-48(65)52(71-12)47(64)31(2)75-56/h13-20,31-34,38-42,44-56,64-67H,21-29H2,1-12H3/t31-,32-,33-,34-,38+,39+,40+,41+,42-,44+,45+,46+,47-,48-,49-,50-,51-,52-,53+,54-,55-,56+,57+,58+,59+,60-/m1/s1. The third-order valence-corrected chi connectivity index (χ3v) is 19.7. The summed E-state index contributed by atoms with van der Waals surface area (Å²) in [5, 5.41) is 47.9. The number of fused-ring (bicyclic) bond motifs is 5. The van der Waals surface area contributed by atoms with E-state index in [0.717, 1.165) is 11.1 Å². The molecular weight excluding hydrogens is 1060 g/mol. The largest absolute Gasteiger partial charge is 0.458 e. The predicted octanol–water partition coefficient (Wildman–Crippen LogP) is 4.63. The summed E-state index contributed by atoms with van der Waals surface area (Å²) in [6.45, 7) is 13.7. The first-order valence-electron chi connectivity index (χ1n) is 28.9. The number of carbonyl (C=O) groups is 3. The number of hydrogen-bond donors (Lipinski definition) is 4. The van der Waals surface area contributed by atoms with Crippen molar-refractivity contribution in [2.45, 2.75) is 247 Å². The first-order chi connectivity index (χ1) is 38.4. The Labute approximate surface area is 475 Å². The molecule has 1 aromatic carbocycles. The molecule has 4 saturated heterocycles. The molecule has 4 aliphatic carbocycles. The van der Waals surface area contributed by atoms with Crippen molar-refractivity contribution in [3.05, 3.63) is 53.6 Å². The van der Waals surface area contributed by atoms with E-state index < -0.39 is 163 Å². The topological polar surface area (TPSA) is 261 Å². The van der Waals surface area contributed by atoms with Crippen molar-refractivity contribution in [1.29, 1.82) is 0 Å². The van der Waals surface area contributed by atoms with Gasteiger partial charge in [-0.15, -0.1) is 0 Å². The molecule has 0 amide bonds. The summed E-state index contributed by atoms with van der Waals surface area (Å²) in [6.07, 6.45) is -7.08. The highest BCUT2D eigenvalue weighted by atomic mass is 16.8. The average Bonchev–Trinajstić information content (AvgIpc) is 3.19. The molecule has 454 valence electrons. The highest BCUT2D eigenvalue weighted by molar-refractivity contribution is 5.87. The lowest BCUT2D eigenvalue weighted by Gasteiger charge is -2.68. The second-order valence-corrected chi connectivity index (χ2v) is 24.3. The van der Waals surface area contributed by atoms with Crippen LogP contribution in [0.3, 0.4) is 0 Å². The molecule has 81 heavy (non-hydrogen) atoms. The molecule has 9 rings (SSSR count). The first-order valence-corrected chi connectivity index (χ1v) is 28.9. The van der Waals surface area contributed by atoms with Crippen LogP contribution in [0.15, 0.2) is 48.1 Å². The van der Waals surface area contributed by atoms with Crippen LogP contribution >= 0.6 is 0 Å². The van der Waals surface area contributed by atoms with Gasteiger partial charge in [0.2, 0.25) is 0 Å². The molecular formula is C60H88O21. The Morgan fingerprint density at radius 2 is 1.20 bits per heavy atom. The summed E-state index contributed by atoms with van der Waals surface area (Å²) in [4.78, 5) is 40.6. The van der Waals surface area contributed by atoms with Gasteiger partial charge in [0.1, 0.15) is 65.8 Å². The van der Waals surface area contributed by atoms with E-state index in [4.69, 9.17) is 66.3 Å². The Kier molecular flexibility index (Phi) is 19.2. The van der Waals surface area contributed by atoms with Crippen molar-refractivity contribution >= 4 is 23.8 Å². The van der Waals surface area contributed by atoms with Crippen LogP contribution in [0.4, 0.5) is 0 Å². The molecule has 1 aromatic rings. The van der Waals surface area contributed by atoms with Gasteiger partial charge in [-0.2, -0.15) is 0 Å². The van der Waals surface area contributed by atoms with Gasteiger partial charge in [-0.25, -0.2) is 4.79 Å². The molecule has 3 saturated carbocycles. The number of aliphatic hydroxyl groups is 4. The van der Waals surface area contributed by atoms with E-state index in [2.05, 4.69) is 0 Å². The zero-order valence-electron chi connectivity index (χ0n) is 48.9. The Bertz CT molecular complexity index is 2410. The summed E-state index contributed by atoms with van der Waals surface area (Å²) in [5.74, 6) is -3.36. The number of Topliss-reactive ketones (excluding diaryl/α,β-unsaturated/α-hetero) is 1. The number of ketones is 1. The summed E-state index contributed by atoms with van der Waals surface area (Å²) in [7, 11) is 6.21. The van der Waals surface area contributed by atoms with Gasteiger partial charge in [-0.05, 0) is 90.2 Å². The molecule has 7 fully saturated rings. The lowest BCUT2D eigenvalue weighted by atomic mass is 9.42. The molecule has 4 aliphatic heterocycles. The normalized spacial score (nSPS) is 47.1. The van der Waals surface area contributed by atoms with Crippen molar-refractivity contribution in [2.24, 2.45) is 22.7 Å². The summed E-state index contributed by atoms with van der Waals surface area (Å²) in [5.41, 5.74) is -4.49. The van der Waals surface area contributed by atoms with E-state index in [-0.39, 0.29) is 37.6 Å². The third kappa shape index (κ3) is 11.6. The van der Waals surface area contributed by atoms with Gasteiger partial charge in [0.25, 0.3) is 0 Å². The molecule has 0 aromatic heterocycles. The van der Waals surface area contributed by atoms with E-state index in [9.17, 15) is 34.8 Å². The quantitative estimate of drug-likeness (QED) is 0.0941. The molecule has 21 nitrogen and oxygen atoms in total. The van der Waals surface area contributed by atoms with Crippen LogP contribution in [-0.2, 0) is 80.7 Å². The van der Waals surface area contributed by atoms with Gasteiger partial charge in [0.15, 0.2) is 25.2 Å². The average molecular weight is 1150 g/mol. The zero-order chi connectivity index (χ0) is 58.5. The maximum absolute atomic E-state index is 13.9. The summed E-state index contributed by atoms with van der Waals surface area (Å²) >= 11 is 0. The molecule has 26 atom stereocenters. The minimum absolute atomic E-state index is 0.00277. The highest BCUT2D eigenvalue weighted by Gasteiger charge is 2.81. The van der Waals surface area contributed by atoms with Crippen molar-refractivity contribution < 1.29 is 101 Å². The van der Waals surface area contributed by atoms with Crippen molar-refractivity contribution in [1.82, 2.24) is 0 Å². The highest BCUT2D eigenvalue weighted by Crippen LogP contribution is 2.70. The van der Waals surface area contributed by atoms with Crippen LogP contribution in [0, 0.1) is 22.7 Å². The van der Waals surface area contributed by atoms with Gasteiger partial charge < -0.3 is 86.7 Å². The fourth-order valence-corrected chi connectivity index (χ4v) is 15.5. The molecule has 0 unspecified atom stereocenters. The Balaban J connectivity index is 0.836. The van der Waals surface area contributed by atoms with Gasteiger partial charge in [-0.1, -0.05) is 55.8 Å². The monoisotopic (exact) mass is 1140 g/mol. The van der Waals surface area contributed by atoms with Crippen LogP contribution in [-0.4, -0.2) is 201 Å². The maximum Gasteiger partial charge on any atom is 0.331 e. The Morgan fingerprint density at radius 3 is 1.73 bits per heavy atom. The van der Waals surface area contributed by atoms with Crippen molar-refractivity contribution in [3.8, 4) is 0 Å². The van der Waals surface area contributed by atoms with E-state index in [1.54, 1.807) is 41.3 Å². The van der Waals surface area contributed by atoms with Crippen LogP contribution in [0.5, 0.6) is 0 Å². The smallest absolute Gasteiger partial charge is 0.331 e. The van der Waals surface area contributed by atoms with Gasteiger partial charge >= 0.3 is 11.9 Å². The Hall–Kier alpha value is -3.33. The lowest BCUT2D eigenvalue weighted by Crippen LogP contribution is -2.80. The van der Waals surface area contributed by atoms with Crippen LogP contribution in [0.1, 0.15) is 119 Å². The second-order valence-electron chi connectivity index (χ2n) is 24.3. The van der Waals surface area contributed by atoms with Gasteiger partial charge in [0.05, 0.1) is 48.8 Å². The number of ether oxygens (including phenoxy) is 14. The number of rotatable bonds is 17. The molecule has 0 spiro atoms. The minimum atomic E-state index is -1.91. The van der Waals surface area contributed by atoms with Crippen LogP contribution in [0.25, 0.3) is 6.08 Å². The van der Waals surface area contributed by atoms with E-state index >= 15 is 0 Å². The molecule has 8 aliphatic rings.